The second-order valence-electron chi connectivity index (χ2n) is 6.05. The first kappa shape index (κ1) is 17.8. The molecule has 0 bridgehead atoms. The third-order valence-electron chi connectivity index (χ3n) is 4.11. The quantitative estimate of drug-likeness (QED) is 0.695. The number of rotatable bonds is 10. The van der Waals surface area contributed by atoms with Crippen LogP contribution < -0.4 is 10.1 Å². The van der Waals surface area contributed by atoms with Gasteiger partial charge in [0.15, 0.2) is 0 Å². The van der Waals surface area contributed by atoms with Crippen LogP contribution in [0.25, 0.3) is 0 Å². The summed E-state index contributed by atoms with van der Waals surface area (Å²) in [6.07, 6.45) is 3.91. The molecule has 1 fully saturated rings. The summed E-state index contributed by atoms with van der Waals surface area (Å²) < 4.78 is 10.7. The van der Waals surface area contributed by atoms with Gasteiger partial charge in [-0.1, -0.05) is 12.8 Å². The first-order chi connectivity index (χ1) is 11.1. The van der Waals surface area contributed by atoms with Gasteiger partial charge in [-0.15, -0.1) is 0 Å². The molecule has 1 unspecified atom stereocenters. The van der Waals surface area contributed by atoms with Gasteiger partial charge in [-0.2, -0.15) is 0 Å². The second-order valence-corrected chi connectivity index (χ2v) is 6.05. The van der Waals surface area contributed by atoms with E-state index in [1.165, 1.54) is 12.8 Å². The number of carbonyl (C=O) groups excluding carboxylic acids is 1. The lowest BCUT2D eigenvalue weighted by atomic mass is 10.1. The van der Waals surface area contributed by atoms with Crippen LogP contribution in [0.15, 0.2) is 18.2 Å². The van der Waals surface area contributed by atoms with Crippen LogP contribution in [0, 0.1) is 5.92 Å². The molecule has 1 atom stereocenters. The topological polar surface area (TPSA) is 67.8 Å². The number of aliphatic hydroxyl groups is 1. The molecule has 2 rings (SSSR count). The normalized spacial score (nSPS) is 15.3. The van der Waals surface area contributed by atoms with Crippen LogP contribution in [0.2, 0.25) is 0 Å². The van der Waals surface area contributed by atoms with Crippen molar-refractivity contribution in [3.63, 3.8) is 0 Å². The van der Waals surface area contributed by atoms with Gasteiger partial charge < -0.3 is 19.9 Å². The molecule has 5 heteroatoms. The molecule has 1 saturated carbocycles. The molecular formula is C18H27NO4. The van der Waals surface area contributed by atoms with Crippen LogP contribution in [0.4, 0.5) is 0 Å². The third-order valence-corrected chi connectivity index (χ3v) is 4.11. The number of benzene rings is 1. The summed E-state index contributed by atoms with van der Waals surface area (Å²) in [5.41, 5.74) is 1.39. The maximum absolute atomic E-state index is 12.2. The molecule has 2 N–H and O–H groups in total. The number of carbonyl (C=O) groups is 1. The standard InChI is InChI=1S/C18H27NO4/c1-3-23-12-15-10-14(7-9-17(15)22-2)18(21)19-11-16(20)8-6-13-4-5-13/h7,9-10,13,16,20H,3-6,8,11-12H2,1-2H3,(H,19,21). The van der Waals surface area contributed by atoms with Crippen LogP contribution in [-0.2, 0) is 11.3 Å². The Morgan fingerprint density at radius 1 is 1.43 bits per heavy atom. The lowest BCUT2D eigenvalue weighted by Crippen LogP contribution is -2.32. The fraction of sp³-hybridized carbons (Fsp3) is 0.611. The van der Waals surface area contributed by atoms with Gasteiger partial charge in [-0.3, -0.25) is 4.79 Å². The van der Waals surface area contributed by atoms with E-state index in [9.17, 15) is 9.90 Å². The average molecular weight is 321 g/mol. The van der Waals surface area contributed by atoms with Crippen LogP contribution in [0.3, 0.4) is 0 Å². The van der Waals surface area contributed by atoms with E-state index in [1.54, 1.807) is 25.3 Å². The molecule has 1 aromatic carbocycles. The van der Waals surface area contributed by atoms with Crippen molar-refractivity contribution in [1.29, 1.82) is 0 Å². The van der Waals surface area contributed by atoms with Crippen molar-refractivity contribution in [1.82, 2.24) is 5.32 Å². The largest absolute Gasteiger partial charge is 0.496 e. The predicted molar refractivity (Wildman–Crippen MR) is 88.6 cm³/mol. The molecule has 1 aliphatic rings. The highest BCUT2D eigenvalue weighted by Crippen LogP contribution is 2.33. The van der Waals surface area contributed by atoms with E-state index in [0.717, 1.165) is 24.3 Å². The molecule has 1 aliphatic carbocycles. The van der Waals surface area contributed by atoms with E-state index >= 15 is 0 Å². The van der Waals surface area contributed by atoms with E-state index in [-0.39, 0.29) is 5.91 Å². The summed E-state index contributed by atoms with van der Waals surface area (Å²) in [7, 11) is 1.60. The molecule has 0 heterocycles. The first-order valence-electron chi connectivity index (χ1n) is 8.35. The van der Waals surface area contributed by atoms with Gasteiger partial charge in [0.05, 0.1) is 19.8 Å². The maximum Gasteiger partial charge on any atom is 0.251 e. The first-order valence-corrected chi connectivity index (χ1v) is 8.35. The van der Waals surface area contributed by atoms with Gasteiger partial charge in [0.25, 0.3) is 5.91 Å². The van der Waals surface area contributed by atoms with Gasteiger partial charge in [0, 0.05) is 24.3 Å². The van der Waals surface area contributed by atoms with E-state index in [1.807, 2.05) is 6.92 Å². The monoisotopic (exact) mass is 321 g/mol. The number of methoxy groups -OCH3 is 1. The number of hydrogen-bond acceptors (Lipinski definition) is 4. The second kappa shape index (κ2) is 8.89. The van der Waals surface area contributed by atoms with Crippen molar-refractivity contribution >= 4 is 5.91 Å². The minimum Gasteiger partial charge on any atom is -0.496 e. The maximum atomic E-state index is 12.2. The van der Waals surface area contributed by atoms with Gasteiger partial charge in [-0.05, 0) is 43.9 Å². The van der Waals surface area contributed by atoms with Crippen molar-refractivity contribution in [3.8, 4) is 5.75 Å². The van der Waals surface area contributed by atoms with Crippen molar-refractivity contribution in [2.75, 3.05) is 20.3 Å². The number of aliphatic hydroxyl groups excluding tert-OH is 1. The van der Waals surface area contributed by atoms with E-state index in [4.69, 9.17) is 9.47 Å². The number of nitrogens with one attached hydrogen (secondary N) is 1. The van der Waals surface area contributed by atoms with Gasteiger partial charge in [0.1, 0.15) is 5.75 Å². The SMILES string of the molecule is CCOCc1cc(C(=O)NCC(O)CCC2CC2)ccc1OC. The molecule has 0 radical (unpaired) electrons. The van der Waals surface area contributed by atoms with Crippen LogP contribution in [0.1, 0.15) is 48.5 Å². The molecule has 5 nitrogen and oxygen atoms in total. The lowest BCUT2D eigenvalue weighted by Gasteiger charge is -2.13. The Bertz CT molecular complexity index is 514. The predicted octanol–water partition coefficient (Wildman–Crippen LogP) is 2.51. The Balaban J connectivity index is 1.87. The molecule has 1 aromatic rings. The molecule has 128 valence electrons. The molecule has 0 spiro atoms. The Kier molecular flexibility index (Phi) is 6.86. The number of ether oxygens (including phenoxy) is 2. The molecule has 0 aromatic heterocycles. The van der Waals surface area contributed by atoms with E-state index in [0.29, 0.717) is 31.1 Å². The highest BCUT2D eigenvalue weighted by molar-refractivity contribution is 5.94. The van der Waals surface area contributed by atoms with Crippen molar-refractivity contribution in [2.45, 2.75) is 45.3 Å². The van der Waals surface area contributed by atoms with Crippen LogP contribution >= 0.6 is 0 Å². The highest BCUT2D eigenvalue weighted by Gasteiger charge is 2.22. The Hall–Kier alpha value is -1.59. The van der Waals surface area contributed by atoms with Gasteiger partial charge >= 0.3 is 0 Å². The Labute approximate surface area is 138 Å². The van der Waals surface area contributed by atoms with Gasteiger partial charge in [0.2, 0.25) is 0 Å². The van der Waals surface area contributed by atoms with E-state index in [2.05, 4.69) is 5.32 Å². The fourth-order valence-corrected chi connectivity index (χ4v) is 2.49. The summed E-state index contributed by atoms with van der Waals surface area (Å²) in [5, 5.41) is 12.7. The van der Waals surface area contributed by atoms with Gasteiger partial charge in [-0.25, -0.2) is 0 Å². The molecule has 23 heavy (non-hydrogen) atoms. The lowest BCUT2D eigenvalue weighted by molar-refractivity contribution is 0.0907. The van der Waals surface area contributed by atoms with Crippen LogP contribution in [0.5, 0.6) is 5.75 Å². The van der Waals surface area contributed by atoms with E-state index < -0.39 is 6.10 Å². The molecule has 1 amide bonds. The summed E-state index contributed by atoms with van der Waals surface area (Å²) in [6, 6.07) is 5.27. The average Bonchev–Trinajstić information content (AvgIpc) is 3.40. The smallest absolute Gasteiger partial charge is 0.251 e. The van der Waals surface area contributed by atoms with Crippen molar-refractivity contribution in [2.24, 2.45) is 5.92 Å². The Morgan fingerprint density at radius 2 is 2.22 bits per heavy atom. The Morgan fingerprint density at radius 3 is 2.87 bits per heavy atom. The zero-order valence-corrected chi connectivity index (χ0v) is 14.0. The molecule has 0 saturated heterocycles. The summed E-state index contributed by atoms with van der Waals surface area (Å²) in [4.78, 5) is 12.2. The highest BCUT2D eigenvalue weighted by atomic mass is 16.5. The molecule has 0 aliphatic heterocycles. The third kappa shape index (κ3) is 5.84. The zero-order valence-electron chi connectivity index (χ0n) is 14.0. The minimum absolute atomic E-state index is 0.184. The molecular weight excluding hydrogens is 294 g/mol. The summed E-state index contributed by atoms with van der Waals surface area (Å²) in [5.74, 6) is 1.32. The summed E-state index contributed by atoms with van der Waals surface area (Å²) >= 11 is 0. The summed E-state index contributed by atoms with van der Waals surface area (Å²) in [6.45, 7) is 3.22. The van der Waals surface area contributed by atoms with Crippen molar-refractivity contribution in [3.05, 3.63) is 29.3 Å². The van der Waals surface area contributed by atoms with Crippen molar-refractivity contribution < 1.29 is 19.4 Å². The minimum atomic E-state index is -0.472. The number of hydrogen-bond donors (Lipinski definition) is 2. The zero-order chi connectivity index (χ0) is 16.7. The fourth-order valence-electron chi connectivity index (χ4n) is 2.49. The van der Waals surface area contributed by atoms with Crippen LogP contribution in [-0.4, -0.2) is 37.4 Å². The number of amides is 1.